The van der Waals surface area contributed by atoms with E-state index in [1.807, 2.05) is 6.92 Å². The second-order valence-electron chi connectivity index (χ2n) is 6.83. The van der Waals surface area contributed by atoms with Crippen molar-refractivity contribution in [2.45, 2.75) is 42.5 Å². The average molecular weight is 334 g/mol. The molecule has 0 bridgehead atoms. The number of carbonyl (C=O) groups excluding carboxylic acids is 1. The van der Waals surface area contributed by atoms with E-state index in [-0.39, 0.29) is 23.7 Å². The number of rotatable bonds is 3. The Morgan fingerprint density at radius 3 is 2.87 bits per heavy atom. The molecule has 1 aromatic carbocycles. The molecule has 23 heavy (non-hydrogen) atoms. The molecule has 5 nitrogen and oxygen atoms in total. The molecule has 0 saturated heterocycles. The Kier molecular flexibility index (Phi) is 2.98. The molecule has 3 aliphatic rings. The summed E-state index contributed by atoms with van der Waals surface area (Å²) in [6.07, 6.45) is 2.70. The number of amidine groups is 1. The van der Waals surface area contributed by atoms with Crippen LogP contribution in [0.2, 0.25) is 0 Å². The number of benzene rings is 1. The van der Waals surface area contributed by atoms with Gasteiger partial charge >= 0.3 is 0 Å². The highest BCUT2D eigenvalue weighted by Gasteiger charge is 2.70. The zero-order valence-corrected chi connectivity index (χ0v) is 13.6. The fourth-order valence-corrected chi connectivity index (χ4v) is 4.92. The van der Waals surface area contributed by atoms with Crippen molar-refractivity contribution in [3.8, 4) is 0 Å². The maximum atomic E-state index is 14.4. The van der Waals surface area contributed by atoms with Crippen LogP contribution in [0.4, 0.5) is 10.1 Å². The Labute approximate surface area is 138 Å². The van der Waals surface area contributed by atoms with Crippen LogP contribution in [0.25, 0.3) is 0 Å². The molecule has 5 N–H and O–H groups in total. The Morgan fingerprint density at radius 1 is 1.43 bits per heavy atom. The molecule has 2 fully saturated rings. The maximum absolute atomic E-state index is 14.4. The van der Waals surface area contributed by atoms with E-state index in [9.17, 15) is 9.18 Å². The van der Waals surface area contributed by atoms with E-state index >= 15 is 0 Å². The molecule has 3 atom stereocenters. The highest BCUT2D eigenvalue weighted by molar-refractivity contribution is 8.15. The smallest absolute Gasteiger partial charge is 0.237 e. The van der Waals surface area contributed by atoms with E-state index in [1.165, 1.54) is 23.9 Å². The van der Waals surface area contributed by atoms with Crippen molar-refractivity contribution in [1.82, 2.24) is 5.32 Å². The van der Waals surface area contributed by atoms with Gasteiger partial charge in [-0.25, -0.2) is 4.39 Å². The summed E-state index contributed by atoms with van der Waals surface area (Å²) in [5.74, 6) is -0.445. The van der Waals surface area contributed by atoms with Gasteiger partial charge in [-0.1, -0.05) is 11.8 Å². The third-order valence-corrected chi connectivity index (χ3v) is 6.35. The lowest BCUT2D eigenvalue weighted by Gasteiger charge is -2.33. The molecule has 1 heterocycles. The Morgan fingerprint density at radius 2 is 2.17 bits per heavy atom. The van der Waals surface area contributed by atoms with Crippen molar-refractivity contribution in [3.05, 3.63) is 29.6 Å². The van der Waals surface area contributed by atoms with E-state index in [2.05, 4.69) is 10.3 Å². The lowest BCUT2D eigenvalue weighted by molar-refractivity contribution is -0.121. The molecule has 7 heteroatoms. The van der Waals surface area contributed by atoms with Crippen LogP contribution in [0.5, 0.6) is 0 Å². The van der Waals surface area contributed by atoms with Crippen LogP contribution in [-0.4, -0.2) is 21.9 Å². The Hall–Kier alpha value is -1.76. The van der Waals surface area contributed by atoms with Gasteiger partial charge in [-0.15, -0.1) is 0 Å². The fourth-order valence-electron chi connectivity index (χ4n) is 3.54. The molecule has 1 amide bonds. The van der Waals surface area contributed by atoms with E-state index in [0.717, 1.165) is 12.8 Å². The average Bonchev–Trinajstić information content (AvgIpc) is 3.36. The number of anilines is 1. The number of fused-ring (bicyclic) bond motifs is 1. The molecule has 2 saturated carbocycles. The van der Waals surface area contributed by atoms with Gasteiger partial charge in [-0.3, -0.25) is 9.79 Å². The molecule has 1 unspecified atom stereocenters. The van der Waals surface area contributed by atoms with E-state index in [0.29, 0.717) is 22.8 Å². The van der Waals surface area contributed by atoms with Gasteiger partial charge < -0.3 is 16.8 Å². The SMILES string of the molecule is C[C@]1(c2cc(N)ccc2F)N=C(N)S[C@@]2(C(=O)NC3CC3)CC21. The van der Waals surface area contributed by atoms with Crippen LogP contribution in [0.1, 0.15) is 31.7 Å². The predicted octanol–water partition coefficient (Wildman–Crippen LogP) is 1.72. The van der Waals surface area contributed by atoms with Crippen LogP contribution in [0.15, 0.2) is 23.2 Å². The zero-order valence-electron chi connectivity index (χ0n) is 12.8. The second-order valence-corrected chi connectivity index (χ2v) is 8.18. The molecule has 122 valence electrons. The number of nitrogen functional groups attached to an aromatic ring is 1. The van der Waals surface area contributed by atoms with Gasteiger partial charge in [0.2, 0.25) is 5.91 Å². The summed E-state index contributed by atoms with van der Waals surface area (Å²) in [4.78, 5) is 17.2. The van der Waals surface area contributed by atoms with Gasteiger partial charge in [0.25, 0.3) is 0 Å². The summed E-state index contributed by atoms with van der Waals surface area (Å²) < 4.78 is 13.8. The molecule has 0 spiro atoms. The zero-order chi connectivity index (χ0) is 16.4. The first-order valence-corrected chi connectivity index (χ1v) is 8.57. The van der Waals surface area contributed by atoms with Crippen LogP contribution in [0, 0.1) is 11.7 Å². The predicted molar refractivity (Wildman–Crippen MR) is 89.4 cm³/mol. The minimum absolute atomic E-state index is 0.00314. The molecule has 0 aromatic heterocycles. The number of hydrogen-bond donors (Lipinski definition) is 3. The highest BCUT2D eigenvalue weighted by Crippen LogP contribution is 2.66. The van der Waals surface area contributed by atoms with Crippen molar-refractivity contribution in [1.29, 1.82) is 0 Å². The maximum Gasteiger partial charge on any atom is 0.237 e. The van der Waals surface area contributed by atoms with Gasteiger partial charge in [0, 0.05) is 23.2 Å². The summed E-state index contributed by atoms with van der Waals surface area (Å²) in [6, 6.07) is 4.75. The van der Waals surface area contributed by atoms with Gasteiger partial charge in [0.15, 0.2) is 5.17 Å². The first-order valence-electron chi connectivity index (χ1n) is 7.76. The molecule has 1 aromatic rings. The second kappa shape index (κ2) is 4.63. The fraction of sp³-hybridized carbons (Fsp3) is 0.500. The lowest BCUT2D eigenvalue weighted by Crippen LogP contribution is -2.44. The number of halogens is 1. The topological polar surface area (TPSA) is 93.5 Å². The number of nitrogens with two attached hydrogens (primary N) is 2. The molecule has 0 radical (unpaired) electrons. The molecular formula is C16H19FN4OS. The summed E-state index contributed by atoms with van der Waals surface area (Å²) in [5.41, 5.74) is 11.8. The Bertz CT molecular complexity index is 735. The molecular weight excluding hydrogens is 315 g/mol. The van der Waals surface area contributed by atoms with Crippen LogP contribution < -0.4 is 16.8 Å². The number of nitrogens with zero attached hydrogens (tertiary/aromatic N) is 1. The normalized spacial score (nSPS) is 35.2. The van der Waals surface area contributed by atoms with Gasteiger partial charge in [-0.05, 0) is 44.4 Å². The number of carbonyl (C=O) groups is 1. The molecule has 1 aliphatic heterocycles. The highest BCUT2D eigenvalue weighted by atomic mass is 32.2. The largest absolute Gasteiger partial charge is 0.399 e. The van der Waals surface area contributed by atoms with Gasteiger partial charge in [0.05, 0.1) is 5.54 Å². The number of aliphatic imine (C=N–C) groups is 1. The molecule has 4 rings (SSSR count). The quantitative estimate of drug-likeness (QED) is 0.734. The lowest BCUT2D eigenvalue weighted by atomic mass is 9.85. The van der Waals surface area contributed by atoms with Crippen LogP contribution in [0.3, 0.4) is 0 Å². The minimum Gasteiger partial charge on any atom is -0.399 e. The summed E-state index contributed by atoms with van der Waals surface area (Å²) in [6.45, 7) is 1.84. The van der Waals surface area contributed by atoms with Crippen LogP contribution in [-0.2, 0) is 10.3 Å². The summed E-state index contributed by atoms with van der Waals surface area (Å²) in [5, 5.41) is 3.38. The Balaban J connectivity index is 1.73. The van der Waals surface area contributed by atoms with Crippen molar-refractivity contribution >= 4 is 28.5 Å². The van der Waals surface area contributed by atoms with Crippen LogP contribution >= 0.6 is 11.8 Å². The third kappa shape index (κ3) is 2.21. The summed E-state index contributed by atoms with van der Waals surface area (Å²) in [7, 11) is 0. The number of nitrogens with one attached hydrogen (secondary N) is 1. The first kappa shape index (κ1) is 14.8. The number of thioether (sulfide) groups is 1. The first-order chi connectivity index (χ1) is 10.8. The van der Waals surface area contributed by atoms with E-state index in [1.54, 1.807) is 6.07 Å². The van der Waals surface area contributed by atoms with Crippen molar-refractivity contribution in [3.63, 3.8) is 0 Å². The standard InChI is InChI=1S/C16H19FN4OS/c1-15(10-6-8(18)2-5-11(10)17)12-7-16(12,23-14(19)21-15)13(22)20-9-3-4-9/h2,5-6,9,12H,3-4,7,18H2,1H3,(H2,19,21)(H,20,22)/t12?,15-,16+/m1/s1. The number of hydrogen-bond acceptors (Lipinski definition) is 5. The molecule has 2 aliphatic carbocycles. The van der Waals surface area contributed by atoms with Gasteiger partial charge in [-0.2, -0.15) is 0 Å². The van der Waals surface area contributed by atoms with Crippen molar-refractivity contribution in [2.75, 3.05) is 5.73 Å². The van der Waals surface area contributed by atoms with Gasteiger partial charge in [0.1, 0.15) is 10.6 Å². The minimum atomic E-state index is -0.865. The van der Waals surface area contributed by atoms with Crippen molar-refractivity contribution in [2.24, 2.45) is 16.6 Å². The van der Waals surface area contributed by atoms with E-state index < -0.39 is 10.3 Å². The summed E-state index contributed by atoms with van der Waals surface area (Å²) >= 11 is 1.31. The van der Waals surface area contributed by atoms with E-state index in [4.69, 9.17) is 11.5 Å². The van der Waals surface area contributed by atoms with Crippen molar-refractivity contribution < 1.29 is 9.18 Å². The number of amides is 1. The monoisotopic (exact) mass is 334 g/mol. The third-order valence-electron chi connectivity index (χ3n) is 5.05.